The first-order valence-electron chi connectivity index (χ1n) is 8.11. The number of pyridine rings is 1. The van der Waals surface area contributed by atoms with Gasteiger partial charge in [0, 0.05) is 5.69 Å². The molecular formula is C18H23NO2. The Labute approximate surface area is 126 Å². The minimum absolute atomic E-state index is 0.312. The lowest BCUT2D eigenvalue weighted by Gasteiger charge is -2.19. The molecule has 1 fully saturated rings. The second-order valence-electron chi connectivity index (χ2n) is 6.07. The summed E-state index contributed by atoms with van der Waals surface area (Å²) < 4.78 is 5.02. The van der Waals surface area contributed by atoms with Gasteiger partial charge < -0.3 is 4.74 Å². The number of rotatable bonds is 3. The molecule has 2 aliphatic carbocycles. The van der Waals surface area contributed by atoms with Crippen LogP contribution in [0.1, 0.15) is 60.8 Å². The molecule has 0 unspecified atom stereocenters. The van der Waals surface area contributed by atoms with E-state index in [-0.39, 0.29) is 5.97 Å². The standard InChI is InChI=1S/C18H23NO2/c1-2-21-18(20)17-10-8-15-12-14(7-9-16(15)19-17)11-13-5-3-4-6-13/h8,10-11,13H,2-7,9,12H2,1H3/b14-11+. The molecule has 1 aromatic rings. The van der Waals surface area contributed by atoms with Gasteiger partial charge in [0.2, 0.25) is 0 Å². The number of hydrogen-bond acceptors (Lipinski definition) is 3. The minimum atomic E-state index is -0.312. The van der Waals surface area contributed by atoms with Crippen LogP contribution in [0.2, 0.25) is 0 Å². The second-order valence-corrected chi connectivity index (χ2v) is 6.07. The summed E-state index contributed by atoms with van der Waals surface area (Å²) in [5.41, 5.74) is 4.35. The number of ether oxygens (including phenoxy) is 1. The number of aromatic nitrogens is 1. The van der Waals surface area contributed by atoms with Gasteiger partial charge in [-0.3, -0.25) is 0 Å². The van der Waals surface area contributed by atoms with E-state index in [9.17, 15) is 4.79 Å². The molecule has 0 saturated heterocycles. The summed E-state index contributed by atoms with van der Waals surface area (Å²) in [6.45, 7) is 2.21. The van der Waals surface area contributed by atoms with E-state index in [0.29, 0.717) is 12.3 Å². The Morgan fingerprint density at radius 2 is 2.14 bits per heavy atom. The van der Waals surface area contributed by atoms with Crippen molar-refractivity contribution in [3.05, 3.63) is 40.7 Å². The number of nitrogens with zero attached hydrogens (tertiary/aromatic N) is 1. The molecular weight excluding hydrogens is 262 g/mol. The number of allylic oxidation sites excluding steroid dienone is 2. The maximum Gasteiger partial charge on any atom is 0.356 e. The number of carbonyl (C=O) groups excluding carboxylic acids is 1. The molecule has 3 heteroatoms. The summed E-state index contributed by atoms with van der Waals surface area (Å²) in [5.74, 6) is 0.487. The van der Waals surface area contributed by atoms with Gasteiger partial charge in [-0.05, 0) is 56.6 Å². The SMILES string of the molecule is CCOC(=O)c1ccc2c(n1)CC/C(=C\C1CCCC1)C2. The van der Waals surface area contributed by atoms with Crippen molar-refractivity contribution >= 4 is 5.97 Å². The first-order chi connectivity index (χ1) is 10.3. The number of esters is 1. The molecule has 0 spiro atoms. The molecule has 1 aromatic heterocycles. The highest BCUT2D eigenvalue weighted by molar-refractivity contribution is 5.87. The molecule has 0 atom stereocenters. The summed E-state index contributed by atoms with van der Waals surface area (Å²) in [7, 11) is 0. The smallest absolute Gasteiger partial charge is 0.356 e. The first-order valence-corrected chi connectivity index (χ1v) is 8.11. The van der Waals surface area contributed by atoms with Gasteiger partial charge in [0.05, 0.1) is 6.61 Å². The van der Waals surface area contributed by atoms with E-state index in [1.807, 2.05) is 6.92 Å². The molecule has 0 bridgehead atoms. The second kappa shape index (κ2) is 6.42. The summed E-state index contributed by atoms with van der Waals surface area (Å²) in [4.78, 5) is 16.2. The van der Waals surface area contributed by atoms with E-state index in [4.69, 9.17) is 4.74 Å². The monoisotopic (exact) mass is 285 g/mol. The third-order valence-corrected chi connectivity index (χ3v) is 4.52. The Morgan fingerprint density at radius 1 is 1.33 bits per heavy atom. The van der Waals surface area contributed by atoms with Crippen LogP contribution >= 0.6 is 0 Å². The Balaban J connectivity index is 1.73. The normalized spacial score (nSPS) is 20.5. The molecule has 112 valence electrons. The maximum absolute atomic E-state index is 11.7. The van der Waals surface area contributed by atoms with E-state index >= 15 is 0 Å². The maximum atomic E-state index is 11.7. The highest BCUT2D eigenvalue weighted by atomic mass is 16.5. The number of fused-ring (bicyclic) bond motifs is 1. The summed E-state index contributed by atoms with van der Waals surface area (Å²) >= 11 is 0. The van der Waals surface area contributed by atoms with Crippen LogP contribution in [0.5, 0.6) is 0 Å². The fourth-order valence-electron chi connectivity index (χ4n) is 3.44. The third-order valence-electron chi connectivity index (χ3n) is 4.52. The van der Waals surface area contributed by atoms with Crippen LogP contribution < -0.4 is 0 Å². The van der Waals surface area contributed by atoms with Gasteiger partial charge in [0.1, 0.15) is 5.69 Å². The van der Waals surface area contributed by atoms with Gasteiger partial charge in [-0.1, -0.05) is 30.6 Å². The lowest BCUT2D eigenvalue weighted by molar-refractivity contribution is 0.0519. The van der Waals surface area contributed by atoms with E-state index in [1.165, 1.54) is 31.2 Å². The topological polar surface area (TPSA) is 39.2 Å². The minimum Gasteiger partial charge on any atom is -0.461 e. The van der Waals surface area contributed by atoms with Crippen molar-refractivity contribution in [1.29, 1.82) is 0 Å². The molecule has 0 aromatic carbocycles. The van der Waals surface area contributed by atoms with Crippen LogP contribution in [-0.2, 0) is 17.6 Å². The lowest BCUT2D eigenvalue weighted by Crippen LogP contribution is -2.13. The van der Waals surface area contributed by atoms with E-state index in [2.05, 4.69) is 17.1 Å². The van der Waals surface area contributed by atoms with Crippen molar-refractivity contribution in [2.45, 2.75) is 51.9 Å². The van der Waals surface area contributed by atoms with Crippen LogP contribution in [0.25, 0.3) is 0 Å². The van der Waals surface area contributed by atoms with Gasteiger partial charge in [0.15, 0.2) is 0 Å². The zero-order valence-electron chi connectivity index (χ0n) is 12.7. The average molecular weight is 285 g/mol. The zero-order chi connectivity index (χ0) is 14.7. The molecule has 3 nitrogen and oxygen atoms in total. The molecule has 21 heavy (non-hydrogen) atoms. The fraction of sp³-hybridized carbons (Fsp3) is 0.556. The number of hydrogen-bond donors (Lipinski definition) is 0. The first kappa shape index (κ1) is 14.3. The number of aryl methyl sites for hydroxylation is 1. The van der Waals surface area contributed by atoms with Crippen LogP contribution in [0.3, 0.4) is 0 Å². The van der Waals surface area contributed by atoms with Crippen LogP contribution in [0.15, 0.2) is 23.8 Å². The Morgan fingerprint density at radius 3 is 2.90 bits per heavy atom. The van der Waals surface area contributed by atoms with Gasteiger partial charge in [-0.25, -0.2) is 9.78 Å². The van der Waals surface area contributed by atoms with Crippen LogP contribution in [0.4, 0.5) is 0 Å². The summed E-state index contributed by atoms with van der Waals surface area (Å²) in [6, 6.07) is 3.85. The van der Waals surface area contributed by atoms with Crippen molar-refractivity contribution < 1.29 is 9.53 Å². The van der Waals surface area contributed by atoms with Gasteiger partial charge in [-0.2, -0.15) is 0 Å². The number of carbonyl (C=O) groups is 1. The van der Waals surface area contributed by atoms with Crippen molar-refractivity contribution in [3.63, 3.8) is 0 Å². The van der Waals surface area contributed by atoms with E-state index in [1.54, 1.807) is 11.6 Å². The summed E-state index contributed by atoms with van der Waals surface area (Å²) in [5, 5.41) is 0. The molecule has 0 amide bonds. The Hall–Kier alpha value is -1.64. The van der Waals surface area contributed by atoms with Crippen molar-refractivity contribution in [2.75, 3.05) is 6.61 Å². The highest BCUT2D eigenvalue weighted by Gasteiger charge is 2.19. The quantitative estimate of drug-likeness (QED) is 0.625. The van der Waals surface area contributed by atoms with Gasteiger partial charge in [0.25, 0.3) is 0 Å². The van der Waals surface area contributed by atoms with Gasteiger partial charge in [-0.15, -0.1) is 0 Å². The molecule has 0 radical (unpaired) electrons. The van der Waals surface area contributed by atoms with Crippen molar-refractivity contribution in [3.8, 4) is 0 Å². The molecule has 0 aliphatic heterocycles. The van der Waals surface area contributed by atoms with Crippen molar-refractivity contribution in [1.82, 2.24) is 4.98 Å². The molecule has 1 saturated carbocycles. The Kier molecular flexibility index (Phi) is 4.37. The Bertz CT molecular complexity index is 556. The molecule has 2 aliphatic rings. The predicted molar refractivity (Wildman–Crippen MR) is 82.3 cm³/mol. The lowest BCUT2D eigenvalue weighted by atomic mass is 9.88. The molecule has 0 N–H and O–H groups in total. The van der Waals surface area contributed by atoms with Gasteiger partial charge >= 0.3 is 5.97 Å². The van der Waals surface area contributed by atoms with Crippen LogP contribution in [0, 0.1) is 5.92 Å². The van der Waals surface area contributed by atoms with Crippen LogP contribution in [-0.4, -0.2) is 17.6 Å². The molecule has 1 heterocycles. The average Bonchev–Trinajstić information content (AvgIpc) is 3.00. The largest absolute Gasteiger partial charge is 0.461 e. The molecule has 3 rings (SSSR count). The highest BCUT2D eigenvalue weighted by Crippen LogP contribution is 2.31. The third kappa shape index (κ3) is 3.34. The fourth-order valence-corrected chi connectivity index (χ4v) is 3.44. The zero-order valence-corrected chi connectivity index (χ0v) is 12.7. The summed E-state index contributed by atoms with van der Waals surface area (Å²) in [6.07, 6.45) is 11.0. The predicted octanol–water partition coefficient (Wildman–Crippen LogP) is 3.86. The van der Waals surface area contributed by atoms with E-state index < -0.39 is 0 Å². The van der Waals surface area contributed by atoms with E-state index in [0.717, 1.165) is 30.9 Å². The van der Waals surface area contributed by atoms with Crippen molar-refractivity contribution in [2.24, 2.45) is 5.92 Å².